The SMILES string of the molecule is CO[Si](C)(C)O[SiH](C)C. The molecule has 0 fully saturated rings. The van der Waals surface area contributed by atoms with E-state index < -0.39 is 17.6 Å². The van der Waals surface area contributed by atoms with Crippen LogP contribution in [0.25, 0.3) is 0 Å². The third-order valence-corrected chi connectivity index (χ3v) is 6.15. The summed E-state index contributed by atoms with van der Waals surface area (Å²) in [5, 5.41) is 0. The van der Waals surface area contributed by atoms with Crippen molar-refractivity contribution in [3.05, 3.63) is 0 Å². The molecule has 0 saturated heterocycles. The van der Waals surface area contributed by atoms with Crippen LogP contribution in [0, 0.1) is 0 Å². The molecular weight excluding hydrogens is 148 g/mol. The van der Waals surface area contributed by atoms with Crippen molar-refractivity contribution in [3.8, 4) is 0 Å². The minimum absolute atomic E-state index is 0.876. The topological polar surface area (TPSA) is 18.5 Å². The van der Waals surface area contributed by atoms with Crippen molar-refractivity contribution in [3.63, 3.8) is 0 Å². The smallest absolute Gasteiger partial charge is 0.320 e. The van der Waals surface area contributed by atoms with Crippen LogP contribution in [-0.4, -0.2) is 24.7 Å². The van der Waals surface area contributed by atoms with E-state index in [1.54, 1.807) is 7.11 Å². The predicted octanol–water partition coefficient (Wildman–Crippen LogP) is 1.33. The zero-order chi connectivity index (χ0) is 7.49. The quantitative estimate of drug-likeness (QED) is 0.586. The molecule has 0 N–H and O–H groups in total. The van der Waals surface area contributed by atoms with Crippen LogP contribution in [-0.2, 0) is 8.54 Å². The molecule has 0 amide bonds. The highest BCUT2D eigenvalue weighted by Gasteiger charge is 2.23. The molecule has 0 unspecified atom stereocenters. The molecule has 0 radical (unpaired) electrons. The first kappa shape index (κ1) is 9.35. The molecule has 0 aliphatic carbocycles. The van der Waals surface area contributed by atoms with Crippen LogP contribution < -0.4 is 0 Å². The van der Waals surface area contributed by atoms with Crippen LogP contribution in [0.3, 0.4) is 0 Å². The molecule has 0 atom stereocenters. The van der Waals surface area contributed by atoms with Crippen LogP contribution in [0.2, 0.25) is 26.2 Å². The Labute approximate surface area is 60.2 Å². The van der Waals surface area contributed by atoms with Crippen LogP contribution >= 0.6 is 0 Å². The molecule has 0 rings (SSSR count). The van der Waals surface area contributed by atoms with Crippen molar-refractivity contribution >= 4 is 17.6 Å². The monoisotopic (exact) mass is 164 g/mol. The van der Waals surface area contributed by atoms with Gasteiger partial charge in [0.2, 0.25) is 0 Å². The fraction of sp³-hybridized carbons (Fsp3) is 1.00. The van der Waals surface area contributed by atoms with E-state index in [0.29, 0.717) is 0 Å². The molecule has 0 aromatic heterocycles. The molecule has 4 heteroatoms. The van der Waals surface area contributed by atoms with Gasteiger partial charge in [0.25, 0.3) is 0 Å². The zero-order valence-corrected chi connectivity index (χ0v) is 9.05. The van der Waals surface area contributed by atoms with E-state index in [1.807, 2.05) is 0 Å². The Hall–Kier alpha value is 0.354. The summed E-state index contributed by atoms with van der Waals surface area (Å²) in [5.74, 6) is 0. The molecule has 0 heterocycles. The third-order valence-electron chi connectivity index (χ3n) is 1.01. The van der Waals surface area contributed by atoms with Crippen LogP contribution in [0.1, 0.15) is 0 Å². The molecule has 0 spiro atoms. The average Bonchev–Trinajstić information content (AvgIpc) is 1.63. The van der Waals surface area contributed by atoms with Gasteiger partial charge in [0.1, 0.15) is 0 Å². The van der Waals surface area contributed by atoms with Crippen molar-refractivity contribution in [1.29, 1.82) is 0 Å². The molecule has 0 aliphatic rings. The van der Waals surface area contributed by atoms with Gasteiger partial charge < -0.3 is 8.54 Å². The molecule has 2 nitrogen and oxygen atoms in total. The summed E-state index contributed by atoms with van der Waals surface area (Å²) in [6.07, 6.45) is 0. The van der Waals surface area contributed by atoms with Gasteiger partial charge in [-0.25, -0.2) is 0 Å². The molecule has 0 aliphatic heterocycles. The Bertz CT molecular complexity index is 83.0. The van der Waals surface area contributed by atoms with Crippen molar-refractivity contribution in [1.82, 2.24) is 0 Å². The van der Waals surface area contributed by atoms with Crippen molar-refractivity contribution in [2.75, 3.05) is 7.11 Å². The Morgan fingerprint density at radius 2 is 1.67 bits per heavy atom. The second-order valence-electron chi connectivity index (χ2n) is 2.77. The lowest BCUT2D eigenvalue weighted by atomic mass is 11.8. The summed E-state index contributed by atoms with van der Waals surface area (Å²) in [5.41, 5.74) is 0. The van der Waals surface area contributed by atoms with Crippen molar-refractivity contribution in [2.24, 2.45) is 0 Å². The lowest BCUT2D eigenvalue weighted by Crippen LogP contribution is -2.37. The Kier molecular flexibility index (Phi) is 3.64. The first-order valence-electron chi connectivity index (χ1n) is 3.21. The van der Waals surface area contributed by atoms with Gasteiger partial charge in [-0.05, 0) is 26.2 Å². The first-order valence-corrected chi connectivity index (χ1v) is 8.80. The normalized spacial score (nSPS) is 12.7. The minimum atomic E-state index is -1.68. The van der Waals surface area contributed by atoms with E-state index in [2.05, 4.69) is 26.2 Å². The van der Waals surface area contributed by atoms with Crippen molar-refractivity contribution < 1.29 is 8.54 Å². The van der Waals surface area contributed by atoms with Gasteiger partial charge in [-0.15, -0.1) is 0 Å². The van der Waals surface area contributed by atoms with Gasteiger partial charge >= 0.3 is 8.56 Å². The molecule has 0 saturated carbocycles. The summed E-state index contributed by atoms with van der Waals surface area (Å²) >= 11 is 0. The number of hydrogen-bond donors (Lipinski definition) is 0. The van der Waals surface area contributed by atoms with Gasteiger partial charge in [0.05, 0.1) is 0 Å². The predicted molar refractivity (Wildman–Crippen MR) is 44.5 cm³/mol. The standard InChI is InChI=1S/C5H16O2Si2/c1-6-9(4,5)7-8(2)3/h8H,1-5H3. The molecular formula is C5H16O2Si2. The van der Waals surface area contributed by atoms with Crippen molar-refractivity contribution in [2.45, 2.75) is 26.2 Å². The minimum Gasteiger partial charge on any atom is -0.439 e. The van der Waals surface area contributed by atoms with E-state index >= 15 is 0 Å². The summed E-state index contributed by atoms with van der Waals surface area (Å²) in [7, 11) is -0.830. The van der Waals surface area contributed by atoms with E-state index in [0.717, 1.165) is 0 Å². The van der Waals surface area contributed by atoms with Gasteiger partial charge in [-0.3, -0.25) is 0 Å². The second-order valence-corrected chi connectivity index (χ2v) is 9.02. The molecule has 0 aromatic rings. The number of hydrogen-bond acceptors (Lipinski definition) is 2. The summed E-state index contributed by atoms with van der Waals surface area (Å²) < 4.78 is 10.8. The molecule has 9 heavy (non-hydrogen) atoms. The fourth-order valence-corrected chi connectivity index (χ4v) is 5.54. The maximum atomic E-state index is 5.64. The molecule has 0 aromatic carbocycles. The Morgan fingerprint density at radius 1 is 1.22 bits per heavy atom. The summed E-state index contributed by atoms with van der Waals surface area (Å²) in [6, 6.07) is 0. The molecule has 56 valence electrons. The van der Waals surface area contributed by atoms with Crippen LogP contribution in [0.15, 0.2) is 0 Å². The fourth-order valence-electron chi connectivity index (χ4n) is 0.616. The highest BCUT2D eigenvalue weighted by Crippen LogP contribution is 2.05. The Balaban J connectivity index is 3.58. The third kappa shape index (κ3) is 4.83. The van der Waals surface area contributed by atoms with Gasteiger partial charge in [-0.2, -0.15) is 0 Å². The van der Waals surface area contributed by atoms with E-state index in [9.17, 15) is 0 Å². The second kappa shape index (κ2) is 3.50. The van der Waals surface area contributed by atoms with Gasteiger partial charge in [0, 0.05) is 7.11 Å². The van der Waals surface area contributed by atoms with E-state index in [-0.39, 0.29) is 0 Å². The van der Waals surface area contributed by atoms with Gasteiger partial charge in [-0.1, -0.05) is 0 Å². The highest BCUT2D eigenvalue weighted by molar-refractivity contribution is 6.72. The highest BCUT2D eigenvalue weighted by atomic mass is 28.4. The maximum absolute atomic E-state index is 5.64. The Morgan fingerprint density at radius 3 is 1.78 bits per heavy atom. The first-order chi connectivity index (χ1) is 3.98. The zero-order valence-electron chi connectivity index (χ0n) is 6.89. The van der Waals surface area contributed by atoms with E-state index in [1.165, 1.54) is 0 Å². The largest absolute Gasteiger partial charge is 0.439 e. The van der Waals surface area contributed by atoms with E-state index in [4.69, 9.17) is 8.54 Å². The summed E-state index contributed by atoms with van der Waals surface area (Å²) in [4.78, 5) is 0. The van der Waals surface area contributed by atoms with Gasteiger partial charge in [0.15, 0.2) is 9.04 Å². The lowest BCUT2D eigenvalue weighted by Gasteiger charge is -2.22. The maximum Gasteiger partial charge on any atom is 0.320 e. The average molecular weight is 164 g/mol. The lowest BCUT2D eigenvalue weighted by molar-refractivity contribution is 0.317. The van der Waals surface area contributed by atoms with Crippen LogP contribution in [0.5, 0.6) is 0 Å². The summed E-state index contributed by atoms with van der Waals surface area (Å²) in [6.45, 7) is 8.46. The number of rotatable bonds is 3. The molecule has 0 bridgehead atoms. The van der Waals surface area contributed by atoms with Crippen LogP contribution in [0.4, 0.5) is 0 Å².